The average Bonchev–Trinajstić information content (AvgIpc) is 2.94. The molecule has 5 rings (SSSR count). The second-order valence-electron chi connectivity index (χ2n) is 6.29. The molecule has 3 aliphatic heterocycles. The van der Waals surface area contributed by atoms with Crippen molar-refractivity contribution in [3.05, 3.63) is 33.6 Å². The molecule has 2 nitrogen and oxygen atoms in total. The van der Waals surface area contributed by atoms with Gasteiger partial charge in [0.05, 0.1) is 4.88 Å². The number of carbonyl (C=O) groups excluding carboxylic acids is 1. The number of hydrogen-bond donors (Lipinski definition) is 0. The molecule has 1 atom stereocenters. The van der Waals surface area contributed by atoms with Crippen molar-refractivity contribution in [3.63, 3.8) is 0 Å². The fraction of sp³-hybridized carbons (Fsp3) is 0.471. The van der Waals surface area contributed by atoms with Crippen molar-refractivity contribution in [2.24, 2.45) is 11.8 Å². The lowest BCUT2D eigenvalue weighted by Gasteiger charge is -2.44. The van der Waals surface area contributed by atoms with Gasteiger partial charge in [0.1, 0.15) is 0 Å². The molecule has 2 bridgehead atoms. The van der Waals surface area contributed by atoms with Crippen LogP contribution < -0.4 is 0 Å². The number of thiophene rings is 1. The quantitative estimate of drug-likeness (QED) is 0.743. The minimum absolute atomic E-state index is 0.335. The summed E-state index contributed by atoms with van der Waals surface area (Å²) in [6.45, 7) is 3.61. The number of hydrogen-bond acceptors (Lipinski definition) is 3. The second-order valence-corrected chi connectivity index (χ2v) is 8.20. The van der Waals surface area contributed by atoms with Gasteiger partial charge in [0.15, 0.2) is 5.78 Å². The summed E-state index contributed by atoms with van der Waals surface area (Å²) in [5.74, 6) is 1.69. The van der Waals surface area contributed by atoms with Crippen molar-refractivity contribution in [1.29, 1.82) is 0 Å². The molecule has 1 aromatic carbocycles. The topological polar surface area (TPSA) is 20.3 Å². The first-order chi connectivity index (χ1) is 10.2. The Morgan fingerprint density at radius 3 is 2.81 bits per heavy atom. The van der Waals surface area contributed by atoms with Gasteiger partial charge in [0.25, 0.3) is 0 Å². The maximum Gasteiger partial charge on any atom is 0.173 e. The van der Waals surface area contributed by atoms with E-state index in [1.165, 1.54) is 36.0 Å². The highest BCUT2D eigenvalue weighted by atomic mass is 79.9. The van der Waals surface area contributed by atoms with Crippen LogP contribution in [0.1, 0.15) is 28.9 Å². The van der Waals surface area contributed by atoms with Crippen LogP contribution in [0.5, 0.6) is 0 Å². The molecule has 0 radical (unpaired) electrons. The zero-order valence-corrected chi connectivity index (χ0v) is 14.3. The Labute approximate surface area is 137 Å². The monoisotopic (exact) mass is 363 g/mol. The maximum absolute atomic E-state index is 12.6. The molecule has 0 N–H and O–H groups in total. The summed E-state index contributed by atoms with van der Waals surface area (Å²) in [4.78, 5) is 16.1. The van der Waals surface area contributed by atoms with Gasteiger partial charge >= 0.3 is 0 Å². The number of fused-ring (bicyclic) bond motifs is 4. The van der Waals surface area contributed by atoms with Gasteiger partial charge in [0, 0.05) is 22.1 Å². The molecule has 0 spiro atoms. The summed E-state index contributed by atoms with van der Waals surface area (Å²) in [5, 5.41) is 1.17. The largest absolute Gasteiger partial charge is 0.303 e. The van der Waals surface area contributed by atoms with Crippen molar-refractivity contribution in [3.8, 4) is 0 Å². The van der Waals surface area contributed by atoms with Crippen LogP contribution >= 0.6 is 27.3 Å². The molecule has 0 amide bonds. The Hall–Kier alpha value is -0.710. The standard InChI is InChI=1S/C17H18BrNOS/c18-14-3-1-2-12-9-16(21-17(12)14)15(20)8-13-10-19-6-4-11(13)5-7-19/h1-3,9,11,13H,4-8,10H2/t13-/m1/s1. The molecule has 0 aliphatic carbocycles. The van der Waals surface area contributed by atoms with Crippen molar-refractivity contribution in [2.75, 3.05) is 19.6 Å². The SMILES string of the molecule is O=C(C[C@@H]1CN2CCC1CC2)c1cc2cccc(Br)c2s1. The van der Waals surface area contributed by atoms with Crippen LogP contribution in [-0.2, 0) is 0 Å². The van der Waals surface area contributed by atoms with Crippen molar-refractivity contribution >= 4 is 43.1 Å². The first-order valence-corrected chi connectivity index (χ1v) is 9.25. The summed E-state index contributed by atoms with van der Waals surface area (Å²) in [6, 6.07) is 8.22. The van der Waals surface area contributed by atoms with E-state index in [-0.39, 0.29) is 0 Å². The van der Waals surface area contributed by atoms with Gasteiger partial charge in [-0.3, -0.25) is 4.79 Å². The van der Waals surface area contributed by atoms with Crippen molar-refractivity contribution in [1.82, 2.24) is 4.90 Å². The van der Waals surface area contributed by atoms with E-state index in [9.17, 15) is 4.79 Å². The van der Waals surface area contributed by atoms with Crippen LogP contribution in [-0.4, -0.2) is 30.3 Å². The first kappa shape index (κ1) is 13.9. The Morgan fingerprint density at radius 2 is 2.14 bits per heavy atom. The van der Waals surface area contributed by atoms with Crippen LogP contribution in [0, 0.1) is 11.8 Å². The summed E-state index contributed by atoms with van der Waals surface area (Å²) in [7, 11) is 0. The molecule has 2 aromatic rings. The van der Waals surface area contributed by atoms with Gasteiger partial charge in [-0.1, -0.05) is 12.1 Å². The predicted octanol–water partition coefficient (Wildman–Crippen LogP) is 4.58. The molecule has 3 saturated heterocycles. The summed E-state index contributed by atoms with van der Waals surface area (Å²) in [6.07, 6.45) is 3.30. The first-order valence-electron chi connectivity index (χ1n) is 7.64. The van der Waals surface area contributed by atoms with Crippen LogP contribution in [0.4, 0.5) is 0 Å². The lowest BCUT2D eigenvalue weighted by atomic mass is 9.76. The predicted molar refractivity (Wildman–Crippen MR) is 91.1 cm³/mol. The molecule has 0 saturated carbocycles. The molecule has 3 aliphatic rings. The molecule has 1 aromatic heterocycles. The van der Waals surface area contributed by atoms with Gasteiger partial charge in [-0.2, -0.15) is 0 Å². The highest BCUT2D eigenvalue weighted by Gasteiger charge is 2.35. The Kier molecular flexibility index (Phi) is 3.64. The minimum atomic E-state index is 0.335. The summed E-state index contributed by atoms with van der Waals surface area (Å²) < 4.78 is 2.28. The number of piperidine rings is 3. The van der Waals surface area contributed by atoms with Crippen molar-refractivity contribution < 1.29 is 4.79 Å². The number of Topliss-reactive ketones (excluding diaryl/α,β-unsaturated/α-hetero) is 1. The van der Waals surface area contributed by atoms with E-state index in [0.29, 0.717) is 11.7 Å². The van der Waals surface area contributed by atoms with E-state index in [1.807, 2.05) is 12.1 Å². The minimum Gasteiger partial charge on any atom is -0.303 e. The Morgan fingerprint density at radius 1 is 1.33 bits per heavy atom. The van der Waals surface area contributed by atoms with Gasteiger partial charge in [-0.15, -0.1) is 11.3 Å². The molecule has 110 valence electrons. The molecule has 0 unspecified atom stereocenters. The van der Waals surface area contributed by atoms with Crippen LogP contribution in [0.15, 0.2) is 28.7 Å². The van der Waals surface area contributed by atoms with E-state index in [0.717, 1.165) is 28.2 Å². The lowest BCUT2D eigenvalue weighted by molar-refractivity contribution is 0.0442. The number of nitrogens with zero attached hydrogens (tertiary/aromatic N) is 1. The van der Waals surface area contributed by atoms with Crippen LogP contribution in [0.3, 0.4) is 0 Å². The molecule has 3 fully saturated rings. The summed E-state index contributed by atoms with van der Waals surface area (Å²) >= 11 is 5.21. The smallest absolute Gasteiger partial charge is 0.173 e. The van der Waals surface area contributed by atoms with E-state index in [2.05, 4.69) is 33.0 Å². The number of ketones is 1. The number of carbonyl (C=O) groups is 1. The molecule has 4 heteroatoms. The van der Waals surface area contributed by atoms with E-state index >= 15 is 0 Å². The fourth-order valence-electron chi connectivity index (χ4n) is 3.82. The number of benzene rings is 1. The zero-order valence-electron chi connectivity index (χ0n) is 11.8. The van der Waals surface area contributed by atoms with Gasteiger partial charge < -0.3 is 4.90 Å². The maximum atomic E-state index is 12.6. The highest BCUT2D eigenvalue weighted by Crippen LogP contribution is 2.37. The summed E-state index contributed by atoms with van der Waals surface area (Å²) in [5.41, 5.74) is 0. The third-order valence-electron chi connectivity index (χ3n) is 5.01. The third-order valence-corrected chi connectivity index (χ3v) is 7.16. The van der Waals surface area contributed by atoms with Gasteiger partial charge in [-0.25, -0.2) is 0 Å². The fourth-order valence-corrected chi connectivity index (χ4v) is 5.46. The lowest BCUT2D eigenvalue weighted by Crippen LogP contribution is -2.47. The third kappa shape index (κ3) is 2.58. The van der Waals surface area contributed by atoms with Crippen LogP contribution in [0.2, 0.25) is 0 Å². The second kappa shape index (κ2) is 5.49. The van der Waals surface area contributed by atoms with E-state index < -0.39 is 0 Å². The van der Waals surface area contributed by atoms with E-state index in [1.54, 1.807) is 11.3 Å². The molecule has 4 heterocycles. The Bertz CT molecular complexity index is 687. The van der Waals surface area contributed by atoms with Gasteiger partial charge in [-0.05, 0) is 71.2 Å². The van der Waals surface area contributed by atoms with E-state index in [4.69, 9.17) is 0 Å². The molecular weight excluding hydrogens is 346 g/mol. The average molecular weight is 364 g/mol. The molecular formula is C17H18BrNOS. The number of rotatable bonds is 3. The molecule has 21 heavy (non-hydrogen) atoms. The Balaban J connectivity index is 1.55. The number of halogens is 1. The van der Waals surface area contributed by atoms with Gasteiger partial charge in [0.2, 0.25) is 0 Å². The normalized spacial score (nSPS) is 28.1. The zero-order chi connectivity index (χ0) is 14.4. The van der Waals surface area contributed by atoms with Crippen molar-refractivity contribution in [2.45, 2.75) is 19.3 Å². The van der Waals surface area contributed by atoms with Crippen LogP contribution in [0.25, 0.3) is 10.1 Å². The highest BCUT2D eigenvalue weighted by molar-refractivity contribution is 9.10.